The highest BCUT2D eigenvalue weighted by atomic mass is 79.9. The van der Waals surface area contributed by atoms with Crippen LogP contribution in [0.25, 0.3) is 0 Å². The maximum atomic E-state index is 10.3. The first-order chi connectivity index (χ1) is 7.17. The van der Waals surface area contributed by atoms with Crippen molar-refractivity contribution in [3.8, 4) is 0 Å². The minimum atomic E-state index is 0.102. The monoisotopic (exact) mass is 271 g/mol. The second kappa shape index (κ2) is 5.70. The molecule has 0 saturated heterocycles. The van der Waals surface area contributed by atoms with Crippen molar-refractivity contribution in [2.24, 2.45) is 0 Å². The molecule has 0 aliphatic rings. The summed E-state index contributed by atoms with van der Waals surface area (Å²) >= 11 is 3.35. The van der Waals surface area contributed by atoms with E-state index in [1.165, 1.54) is 0 Å². The number of aldehydes is 1. The Labute approximate surface area is 97.6 Å². The summed E-state index contributed by atoms with van der Waals surface area (Å²) in [4.78, 5) is 14.5. The Kier molecular flexibility index (Phi) is 4.55. The van der Waals surface area contributed by atoms with Crippen LogP contribution in [-0.4, -0.2) is 24.4 Å². The normalized spacial score (nSPS) is 11.9. The highest BCUT2D eigenvalue weighted by Gasteiger charge is 2.06. The van der Waals surface area contributed by atoms with E-state index in [-0.39, 0.29) is 6.04 Å². The smallest absolute Gasteiger partial charge is 0.149 e. The highest BCUT2D eigenvalue weighted by molar-refractivity contribution is 9.10. The van der Waals surface area contributed by atoms with Gasteiger partial charge in [0, 0.05) is 30.2 Å². The summed E-state index contributed by atoms with van der Waals surface area (Å²) in [6, 6.07) is 2.03. The Bertz CT molecular complexity index is 343. The van der Waals surface area contributed by atoms with Gasteiger partial charge in [-0.25, -0.2) is 4.98 Å². The molecule has 1 atom stereocenters. The van der Waals surface area contributed by atoms with Crippen molar-refractivity contribution in [2.75, 3.05) is 17.7 Å². The van der Waals surface area contributed by atoms with Gasteiger partial charge in [0.2, 0.25) is 0 Å². The summed E-state index contributed by atoms with van der Waals surface area (Å²) in [6.45, 7) is 1.95. The Hall–Kier alpha value is -1.10. The fraction of sp³-hybridized carbons (Fsp3) is 0.400. The molecule has 0 aromatic carbocycles. The van der Waals surface area contributed by atoms with E-state index in [1.54, 1.807) is 6.20 Å². The van der Waals surface area contributed by atoms with Gasteiger partial charge >= 0.3 is 0 Å². The molecule has 1 heterocycles. The van der Waals surface area contributed by atoms with Crippen molar-refractivity contribution in [3.63, 3.8) is 0 Å². The van der Waals surface area contributed by atoms with Crippen LogP contribution in [0.2, 0.25) is 0 Å². The molecule has 1 rings (SSSR count). The molecule has 0 bridgehead atoms. The van der Waals surface area contributed by atoms with E-state index >= 15 is 0 Å². The standard InChI is InChI=1S/C10H14BrN3O/c1-7(3-4-15)14-9-5-8(11)6-13-10(9)12-2/h4-7,14H,3H2,1-2H3,(H,12,13)/t7-/m1/s1. The van der Waals surface area contributed by atoms with E-state index in [0.717, 1.165) is 22.3 Å². The summed E-state index contributed by atoms with van der Waals surface area (Å²) in [7, 11) is 1.81. The van der Waals surface area contributed by atoms with Crippen LogP contribution in [0.5, 0.6) is 0 Å². The van der Waals surface area contributed by atoms with Gasteiger partial charge in [-0.1, -0.05) is 0 Å². The molecular formula is C10H14BrN3O. The molecule has 1 aromatic rings. The van der Waals surface area contributed by atoms with Gasteiger partial charge in [-0.3, -0.25) is 0 Å². The molecule has 82 valence electrons. The third-order valence-corrected chi connectivity index (χ3v) is 2.38. The van der Waals surface area contributed by atoms with Gasteiger partial charge < -0.3 is 15.4 Å². The molecule has 0 fully saturated rings. The van der Waals surface area contributed by atoms with Crippen LogP contribution in [-0.2, 0) is 4.79 Å². The summed E-state index contributed by atoms with van der Waals surface area (Å²) < 4.78 is 0.905. The summed E-state index contributed by atoms with van der Waals surface area (Å²) in [6.07, 6.45) is 3.11. The molecule has 15 heavy (non-hydrogen) atoms. The van der Waals surface area contributed by atoms with Crippen molar-refractivity contribution in [2.45, 2.75) is 19.4 Å². The topological polar surface area (TPSA) is 54.0 Å². The van der Waals surface area contributed by atoms with E-state index in [4.69, 9.17) is 0 Å². The predicted octanol–water partition coefficient (Wildman–Crippen LogP) is 2.28. The first kappa shape index (κ1) is 12.0. The Morgan fingerprint density at radius 2 is 2.40 bits per heavy atom. The van der Waals surface area contributed by atoms with Crippen molar-refractivity contribution in [3.05, 3.63) is 16.7 Å². The summed E-state index contributed by atoms with van der Waals surface area (Å²) in [5.74, 6) is 0.774. The number of aromatic nitrogens is 1. The molecular weight excluding hydrogens is 258 g/mol. The van der Waals surface area contributed by atoms with Gasteiger partial charge in [0.15, 0.2) is 0 Å². The molecule has 0 unspecified atom stereocenters. The second-order valence-electron chi connectivity index (χ2n) is 3.25. The molecule has 0 aliphatic carbocycles. The number of rotatable bonds is 5. The van der Waals surface area contributed by atoms with Crippen molar-refractivity contribution >= 4 is 33.7 Å². The van der Waals surface area contributed by atoms with Gasteiger partial charge in [0.25, 0.3) is 0 Å². The quantitative estimate of drug-likeness (QED) is 0.807. The number of hydrogen-bond acceptors (Lipinski definition) is 4. The number of carbonyl (C=O) groups excluding carboxylic acids is 1. The Morgan fingerprint density at radius 1 is 1.67 bits per heavy atom. The largest absolute Gasteiger partial charge is 0.379 e. The van der Waals surface area contributed by atoms with Gasteiger partial charge in [0.1, 0.15) is 12.1 Å². The number of pyridine rings is 1. The molecule has 0 aliphatic heterocycles. The van der Waals surface area contributed by atoms with Gasteiger partial charge in [0.05, 0.1) is 5.69 Å². The number of carbonyl (C=O) groups is 1. The lowest BCUT2D eigenvalue weighted by Crippen LogP contribution is -2.16. The number of nitrogens with one attached hydrogen (secondary N) is 2. The molecule has 4 nitrogen and oxygen atoms in total. The van der Waals surface area contributed by atoms with E-state index in [0.29, 0.717) is 6.42 Å². The number of hydrogen-bond donors (Lipinski definition) is 2. The van der Waals surface area contributed by atoms with Crippen molar-refractivity contribution < 1.29 is 4.79 Å². The van der Waals surface area contributed by atoms with Crippen LogP contribution in [0.1, 0.15) is 13.3 Å². The number of halogens is 1. The predicted molar refractivity (Wildman–Crippen MR) is 65.2 cm³/mol. The van der Waals surface area contributed by atoms with Gasteiger partial charge in [-0.15, -0.1) is 0 Å². The molecule has 5 heteroatoms. The Morgan fingerprint density at radius 3 is 3.00 bits per heavy atom. The van der Waals surface area contributed by atoms with E-state index < -0.39 is 0 Å². The highest BCUT2D eigenvalue weighted by Crippen LogP contribution is 2.23. The summed E-state index contributed by atoms with van der Waals surface area (Å²) in [5, 5.41) is 6.20. The zero-order chi connectivity index (χ0) is 11.3. The van der Waals surface area contributed by atoms with E-state index in [9.17, 15) is 4.79 Å². The third-order valence-electron chi connectivity index (χ3n) is 1.94. The average Bonchev–Trinajstić information content (AvgIpc) is 2.18. The molecule has 0 amide bonds. The van der Waals surface area contributed by atoms with Crippen LogP contribution in [0.3, 0.4) is 0 Å². The van der Waals surface area contributed by atoms with Crippen molar-refractivity contribution in [1.82, 2.24) is 4.98 Å². The van der Waals surface area contributed by atoms with Crippen LogP contribution >= 0.6 is 15.9 Å². The van der Waals surface area contributed by atoms with Crippen LogP contribution < -0.4 is 10.6 Å². The van der Waals surface area contributed by atoms with Crippen LogP contribution in [0, 0.1) is 0 Å². The maximum Gasteiger partial charge on any atom is 0.149 e. The Balaban J connectivity index is 2.81. The van der Waals surface area contributed by atoms with E-state index in [1.807, 2.05) is 20.0 Å². The van der Waals surface area contributed by atoms with Gasteiger partial charge in [-0.05, 0) is 28.9 Å². The molecule has 1 aromatic heterocycles. The fourth-order valence-electron chi connectivity index (χ4n) is 1.22. The minimum absolute atomic E-state index is 0.102. The zero-order valence-corrected chi connectivity index (χ0v) is 10.3. The SMILES string of the molecule is CNc1ncc(Br)cc1N[C@H](C)CC=O. The number of anilines is 2. The second-order valence-corrected chi connectivity index (χ2v) is 4.16. The molecule has 2 N–H and O–H groups in total. The zero-order valence-electron chi connectivity index (χ0n) is 8.75. The maximum absolute atomic E-state index is 10.3. The fourth-order valence-corrected chi connectivity index (χ4v) is 1.55. The number of nitrogens with zero attached hydrogens (tertiary/aromatic N) is 1. The van der Waals surface area contributed by atoms with Gasteiger partial charge in [-0.2, -0.15) is 0 Å². The van der Waals surface area contributed by atoms with Crippen LogP contribution in [0.4, 0.5) is 11.5 Å². The van der Waals surface area contributed by atoms with Crippen molar-refractivity contribution in [1.29, 1.82) is 0 Å². The summed E-state index contributed by atoms with van der Waals surface area (Å²) in [5.41, 5.74) is 0.890. The first-order valence-corrected chi connectivity index (χ1v) is 5.50. The lowest BCUT2D eigenvalue weighted by atomic mass is 10.2. The van der Waals surface area contributed by atoms with Crippen LogP contribution in [0.15, 0.2) is 16.7 Å². The lowest BCUT2D eigenvalue weighted by Gasteiger charge is -2.15. The molecule has 0 saturated carbocycles. The first-order valence-electron chi connectivity index (χ1n) is 4.71. The average molecular weight is 272 g/mol. The minimum Gasteiger partial charge on any atom is -0.379 e. The third kappa shape index (κ3) is 3.51. The molecule has 0 spiro atoms. The lowest BCUT2D eigenvalue weighted by molar-refractivity contribution is -0.107. The molecule has 0 radical (unpaired) electrons. The van der Waals surface area contributed by atoms with E-state index in [2.05, 4.69) is 31.5 Å².